The molecule has 0 bridgehead atoms. The van der Waals surface area contributed by atoms with Gasteiger partial charge in [0.1, 0.15) is 6.04 Å². The molecule has 2 N–H and O–H groups in total. The molecule has 1 aromatic heterocycles. The summed E-state index contributed by atoms with van der Waals surface area (Å²) >= 11 is 0. The number of carbonyl (C=O) groups excluding carboxylic acids is 5. The van der Waals surface area contributed by atoms with Crippen LogP contribution in [0.1, 0.15) is 49.6 Å². The molecule has 3 aromatic rings. The van der Waals surface area contributed by atoms with Gasteiger partial charge in [-0.3, -0.25) is 34.2 Å². The zero-order valence-corrected chi connectivity index (χ0v) is 15.6. The number of fused-ring (bicyclic) bond motifs is 2. The van der Waals surface area contributed by atoms with Gasteiger partial charge in [-0.25, -0.2) is 0 Å². The summed E-state index contributed by atoms with van der Waals surface area (Å²) in [6.45, 7) is 0. The summed E-state index contributed by atoms with van der Waals surface area (Å²) in [6.07, 6.45) is 0.130. The molecule has 5 rings (SSSR count). The summed E-state index contributed by atoms with van der Waals surface area (Å²) in [5, 5.41) is 3.04. The predicted octanol–water partition coefficient (Wildman–Crippen LogP) is 1.80. The van der Waals surface area contributed by atoms with Crippen molar-refractivity contribution in [2.45, 2.75) is 18.9 Å². The minimum atomic E-state index is -1.04. The lowest BCUT2D eigenvalue weighted by Crippen LogP contribution is -2.54. The minimum Gasteiger partial charge on any atom is -0.352 e. The van der Waals surface area contributed by atoms with Crippen LogP contribution >= 0.6 is 0 Å². The van der Waals surface area contributed by atoms with Crippen molar-refractivity contribution in [2.24, 2.45) is 0 Å². The van der Waals surface area contributed by atoms with Crippen LogP contribution < -0.4 is 5.32 Å². The first-order valence-corrected chi connectivity index (χ1v) is 9.42. The van der Waals surface area contributed by atoms with Gasteiger partial charge in [0, 0.05) is 22.9 Å². The monoisotopic (exact) mass is 401 g/mol. The van der Waals surface area contributed by atoms with Crippen molar-refractivity contribution in [1.82, 2.24) is 15.2 Å². The van der Waals surface area contributed by atoms with Crippen molar-refractivity contribution in [3.63, 3.8) is 0 Å². The number of para-hydroxylation sites is 1. The van der Waals surface area contributed by atoms with Crippen molar-refractivity contribution in [3.8, 4) is 0 Å². The zero-order valence-electron chi connectivity index (χ0n) is 15.6. The van der Waals surface area contributed by atoms with E-state index in [0.29, 0.717) is 5.69 Å². The first-order valence-electron chi connectivity index (χ1n) is 9.42. The number of nitrogens with zero attached hydrogens (tertiary/aromatic N) is 1. The Hall–Kier alpha value is -4.07. The Labute approximate surface area is 169 Å². The van der Waals surface area contributed by atoms with Crippen molar-refractivity contribution in [3.05, 3.63) is 70.9 Å². The van der Waals surface area contributed by atoms with Crippen molar-refractivity contribution in [1.29, 1.82) is 0 Å². The molecular weight excluding hydrogens is 386 g/mol. The Kier molecular flexibility index (Phi) is 3.89. The third-order valence-corrected chi connectivity index (χ3v) is 5.48. The number of benzene rings is 2. The van der Waals surface area contributed by atoms with Crippen LogP contribution in [0.3, 0.4) is 0 Å². The van der Waals surface area contributed by atoms with Crippen LogP contribution in [-0.4, -0.2) is 45.3 Å². The SMILES string of the molecule is O=C1CCC(N2C(=O)c3ccc(C(=O)c4cc5ccccc5[nH]4)cc3C2=O)C(=O)N1. The van der Waals surface area contributed by atoms with Crippen LogP contribution in [0, 0.1) is 0 Å². The molecule has 1 fully saturated rings. The summed E-state index contributed by atoms with van der Waals surface area (Å²) < 4.78 is 0. The maximum Gasteiger partial charge on any atom is 0.262 e. The van der Waals surface area contributed by atoms with Gasteiger partial charge in [0.15, 0.2) is 0 Å². The lowest BCUT2D eigenvalue weighted by atomic mass is 10.0. The molecule has 1 unspecified atom stereocenters. The Morgan fingerprint density at radius 1 is 0.933 bits per heavy atom. The number of H-pyrrole nitrogens is 1. The number of carbonyl (C=O) groups is 5. The first kappa shape index (κ1) is 18.0. The van der Waals surface area contributed by atoms with Crippen LogP contribution in [-0.2, 0) is 9.59 Å². The van der Waals surface area contributed by atoms with Gasteiger partial charge in [-0.1, -0.05) is 24.3 Å². The third-order valence-electron chi connectivity index (χ3n) is 5.48. The number of ketones is 1. The Morgan fingerprint density at radius 2 is 1.70 bits per heavy atom. The molecular formula is C22H15N3O5. The topological polar surface area (TPSA) is 116 Å². The number of piperidine rings is 1. The van der Waals surface area contributed by atoms with Crippen molar-refractivity contribution in [2.75, 3.05) is 0 Å². The van der Waals surface area contributed by atoms with E-state index < -0.39 is 29.7 Å². The quantitative estimate of drug-likeness (QED) is 0.513. The van der Waals surface area contributed by atoms with E-state index in [4.69, 9.17) is 0 Å². The van der Waals surface area contributed by atoms with Gasteiger partial charge in [-0.2, -0.15) is 0 Å². The summed E-state index contributed by atoms with van der Waals surface area (Å²) in [5.74, 6) is -2.66. The number of amides is 4. The normalized spacial score (nSPS) is 18.7. The fourth-order valence-electron chi connectivity index (χ4n) is 3.96. The predicted molar refractivity (Wildman–Crippen MR) is 105 cm³/mol. The molecule has 1 atom stereocenters. The van der Waals surface area contributed by atoms with Crippen LogP contribution in [0.15, 0.2) is 48.5 Å². The number of imide groups is 2. The van der Waals surface area contributed by atoms with Gasteiger partial charge in [-0.15, -0.1) is 0 Å². The number of hydrogen-bond acceptors (Lipinski definition) is 5. The van der Waals surface area contributed by atoms with E-state index >= 15 is 0 Å². The molecule has 2 aliphatic rings. The Balaban J connectivity index is 1.48. The van der Waals surface area contributed by atoms with Crippen molar-refractivity contribution < 1.29 is 24.0 Å². The molecule has 30 heavy (non-hydrogen) atoms. The van der Waals surface area contributed by atoms with E-state index in [1.807, 2.05) is 24.3 Å². The number of hydrogen-bond donors (Lipinski definition) is 2. The van der Waals surface area contributed by atoms with Crippen molar-refractivity contribution >= 4 is 40.3 Å². The average molecular weight is 401 g/mol. The molecule has 4 amide bonds. The van der Waals surface area contributed by atoms with E-state index in [-0.39, 0.29) is 35.3 Å². The Bertz CT molecular complexity index is 1260. The van der Waals surface area contributed by atoms with Crippen LogP contribution in [0.25, 0.3) is 10.9 Å². The van der Waals surface area contributed by atoms with E-state index in [9.17, 15) is 24.0 Å². The first-order chi connectivity index (χ1) is 14.4. The summed E-state index contributed by atoms with van der Waals surface area (Å²) in [4.78, 5) is 66.0. The second kappa shape index (κ2) is 6.48. The van der Waals surface area contributed by atoms with Crippen LogP contribution in [0.2, 0.25) is 0 Å². The molecule has 0 aliphatic carbocycles. The average Bonchev–Trinajstić information content (AvgIpc) is 3.27. The van der Waals surface area contributed by atoms with Gasteiger partial charge < -0.3 is 4.98 Å². The lowest BCUT2D eigenvalue weighted by Gasteiger charge is -2.27. The number of aromatic amines is 1. The number of nitrogens with one attached hydrogen (secondary N) is 2. The molecule has 0 saturated carbocycles. The van der Waals surface area contributed by atoms with E-state index in [1.54, 1.807) is 6.07 Å². The summed E-state index contributed by atoms with van der Waals surface area (Å²) in [7, 11) is 0. The van der Waals surface area contributed by atoms with Crippen LogP contribution in [0.4, 0.5) is 0 Å². The molecule has 0 radical (unpaired) electrons. The van der Waals surface area contributed by atoms with Gasteiger partial charge >= 0.3 is 0 Å². The maximum atomic E-state index is 12.9. The number of aromatic nitrogens is 1. The van der Waals surface area contributed by atoms with E-state index in [2.05, 4.69) is 10.3 Å². The van der Waals surface area contributed by atoms with Crippen LogP contribution in [0.5, 0.6) is 0 Å². The van der Waals surface area contributed by atoms with Gasteiger partial charge in [-0.05, 0) is 30.7 Å². The van der Waals surface area contributed by atoms with Gasteiger partial charge in [0.05, 0.1) is 16.8 Å². The molecule has 8 heteroatoms. The highest BCUT2D eigenvalue weighted by atomic mass is 16.2. The van der Waals surface area contributed by atoms with Gasteiger partial charge in [0.2, 0.25) is 17.6 Å². The summed E-state index contributed by atoms with van der Waals surface area (Å²) in [5.41, 5.74) is 1.66. The van der Waals surface area contributed by atoms with E-state index in [1.165, 1.54) is 18.2 Å². The second-order valence-electron chi connectivity index (χ2n) is 7.31. The molecule has 148 valence electrons. The molecule has 2 aliphatic heterocycles. The third kappa shape index (κ3) is 2.65. The molecule has 8 nitrogen and oxygen atoms in total. The maximum absolute atomic E-state index is 12.9. The highest BCUT2D eigenvalue weighted by Crippen LogP contribution is 2.29. The molecule has 1 saturated heterocycles. The molecule has 0 spiro atoms. The zero-order chi connectivity index (χ0) is 21.0. The smallest absolute Gasteiger partial charge is 0.262 e. The highest BCUT2D eigenvalue weighted by molar-refractivity contribution is 6.24. The highest BCUT2D eigenvalue weighted by Gasteiger charge is 2.44. The molecule has 3 heterocycles. The minimum absolute atomic E-state index is 0.0495. The fraction of sp³-hybridized carbons (Fsp3) is 0.136. The standard InChI is InChI=1S/C22H15N3O5/c26-18-8-7-17(20(28)24-18)25-21(29)13-6-5-12(9-14(13)22(25)30)19(27)16-10-11-3-1-2-4-15(11)23-16/h1-6,9-10,17,23H,7-8H2,(H,24,26,28). The van der Waals surface area contributed by atoms with Gasteiger partial charge in [0.25, 0.3) is 11.8 Å². The second-order valence-corrected chi connectivity index (χ2v) is 7.31. The Morgan fingerprint density at radius 3 is 2.47 bits per heavy atom. The number of rotatable bonds is 3. The fourth-order valence-corrected chi connectivity index (χ4v) is 3.96. The van der Waals surface area contributed by atoms with E-state index in [0.717, 1.165) is 15.8 Å². The largest absolute Gasteiger partial charge is 0.352 e. The molecule has 2 aromatic carbocycles. The lowest BCUT2D eigenvalue weighted by molar-refractivity contribution is -0.136. The summed E-state index contributed by atoms with van der Waals surface area (Å²) in [6, 6.07) is 12.5.